The van der Waals surface area contributed by atoms with Crippen LogP contribution in [0.1, 0.15) is 23.9 Å². The lowest BCUT2D eigenvalue weighted by atomic mass is 10.2. The summed E-state index contributed by atoms with van der Waals surface area (Å²) in [6, 6.07) is 10.1. The number of guanidine groups is 1. The molecule has 29 heavy (non-hydrogen) atoms. The Hall–Kier alpha value is -2.52. The first kappa shape index (κ1) is 22.8. The number of hydrogen-bond acceptors (Lipinski definition) is 4. The van der Waals surface area contributed by atoms with Gasteiger partial charge in [0.2, 0.25) is 10.0 Å². The number of aliphatic imine (C=N–C) groups is 1. The number of nitrogens with two attached hydrogens (primary N) is 1. The number of rotatable bonds is 8. The van der Waals surface area contributed by atoms with Crippen molar-refractivity contribution in [3.8, 4) is 11.4 Å². The van der Waals surface area contributed by atoms with Crippen molar-refractivity contribution in [1.29, 1.82) is 0 Å². The van der Waals surface area contributed by atoms with Crippen LogP contribution in [0.25, 0.3) is 5.69 Å². The summed E-state index contributed by atoms with van der Waals surface area (Å²) < 4.78 is 29.8. The van der Waals surface area contributed by atoms with Gasteiger partial charge in [-0.25, -0.2) is 13.6 Å². The quantitative estimate of drug-likeness (QED) is 0.500. The summed E-state index contributed by atoms with van der Waals surface area (Å²) in [7, 11) is 0.0531. The van der Waals surface area contributed by atoms with Crippen LogP contribution in [-0.4, -0.2) is 56.8 Å². The molecule has 2 rings (SSSR count). The fraction of sp³-hybridized carbons (Fsp3) is 0.450. The first-order valence-corrected chi connectivity index (χ1v) is 11.2. The number of hydrogen-bond donors (Lipinski definition) is 2. The molecule has 0 spiro atoms. The van der Waals surface area contributed by atoms with Crippen molar-refractivity contribution >= 4 is 16.0 Å². The summed E-state index contributed by atoms with van der Waals surface area (Å²) in [5.74, 6) is 1.29. The summed E-state index contributed by atoms with van der Waals surface area (Å²) >= 11 is 0. The molecule has 0 radical (unpaired) electrons. The third kappa shape index (κ3) is 6.23. The van der Waals surface area contributed by atoms with Gasteiger partial charge in [0.15, 0.2) is 5.96 Å². The topological polar surface area (TPSA) is 102 Å². The number of nitrogens with zero attached hydrogens (tertiary/aromatic N) is 3. The van der Waals surface area contributed by atoms with E-state index in [0.717, 1.165) is 28.4 Å². The van der Waals surface area contributed by atoms with Crippen LogP contribution in [-0.2, 0) is 16.6 Å². The van der Waals surface area contributed by atoms with Crippen LogP contribution in [0.3, 0.4) is 0 Å². The van der Waals surface area contributed by atoms with Crippen molar-refractivity contribution in [3.05, 3.63) is 47.3 Å². The third-order valence-corrected chi connectivity index (χ3v) is 5.36. The minimum absolute atomic E-state index is 0.121. The van der Waals surface area contributed by atoms with Crippen LogP contribution in [0.2, 0.25) is 0 Å². The molecule has 0 saturated heterocycles. The van der Waals surface area contributed by atoms with E-state index in [1.54, 1.807) is 7.11 Å². The smallest absolute Gasteiger partial charge is 0.210 e. The second-order valence-electron chi connectivity index (χ2n) is 6.89. The maximum Gasteiger partial charge on any atom is 0.210 e. The molecule has 0 aliphatic rings. The van der Waals surface area contributed by atoms with E-state index in [4.69, 9.17) is 9.88 Å². The van der Waals surface area contributed by atoms with E-state index >= 15 is 0 Å². The van der Waals surface area contributed by atoms with Gasteiger partial charge in [-0.3, -0.25) is 4.99 Å². The molecule has 9 heteroatoms. The zero-order valence-corrected chi connectivity index (χ0v) is 18.6. The fourth-order valence-corrected chi connectivity index (χ4v) is 3.54. The van der Waals surface area contributed by atoms with E-state index < -0.39 is 10.0 Å². The van der Waals surface area contributed by atoms with E-state index in [-0.39, 0.29) is 12.3 Å². The average Bonchev–Trinajstić information content (AvgIpc) is 2.93. The molecule has 0 fully saturated rings. The van der Waals surface area contributed by atoms with Gasteiger partial charge in [0.1, 0.15) is 5.75 Å². The first-order chi connectivity index (χ1) is 13.7. The number of aryl methyl sites for hydroxylation is 1. The third-order valence-electron chi connectivity index (χ3n) is 4.61. The summed E-state index contributed by atoms with van der Waals surface area (Å²) in [4.78, 5) is 6.36. The van der Waals surface area contributed by atoms with Crippen LogP contribution in [0.5, 0.6) is 5.75 Å². The van der Waals surface area contributed by atoms with Crippen molar-refractivity contribution < 1.29 is 13.2 Å². The fourth-order valence-electron chi connectivity index (χ4n) is 3.20. The Balaban J connectivity index is 2.22. The van der Waals surface area contributed by atoms with Gasteiger partial charge in [-0.05, 0) is 56.7 Å². The van der Waals surface area contributed by atoms with Gasteiger partial charge in [0.25, 0.3) is 0 Å². The minimum atomic E-state index is -3.53. The van der Waals surface area contributed by atoms with Gasteiger partial charge in [0, 0.05) is 37.2 Å². The maximum absolute atomic E-state index is 11.2. The van der Waals surface area contributed by atoms with Gasteiger partial charge in [-0.2, -0.15) is 0 Å². The summed E-state index contributed by atoms with van der Waals surface area (Å²) in [6.07, 6.45) is 0. The number of ether oxygens (including phenoxy) is 1. The largest absolute Gasteiger partial charge is 0.497 e. The molecule has 0 amide bonds. The van der Waals surface area contributed by atoms with Crippen molar-refractivity contribution in [2.45, 2.75) is 27.3 Å². The van der Waals surface area contributed by atoms with Gasteiger partial charge >= 0.3 is 0 Å². The predicted molar refractivity (Wildman–Crippen MR) is 117 cm³/mol. The Labute approximate surface area is 173 Å². The van der Waals surface area contributed by atoms with Crippen LogP contribution < -0.4 is 15.2 Å². The van der Waals surface area contributed by atoms with Gasteiger partial charge in [-0.1, -0.05) is 0 Å². The van der Waals surface area contributed by atoms with E-state index in [9.17, 15) is 8.42 Å². The molecule has 0 aliphatic carbocycles. The number of methoxy groups -OCH3 is 1. The lowest BCUT2D eigenvalue weighted by molar-refractivity contribution is 0.414. The maximum atomic E-state index is 11.2. The second kappa shape index (κ2) is 9.80. The Morgan fingerprint density at radius 3 is 2.48 bits per heavy atom. The molecule has 0 aliphatic heterocycles. The first-order valence-electron chi connectivity index (χ1n) is 9.48. The molecule has 3 N–H and O–H groups in total. The zero-order valence-electron chi connectivity index (χ0n) is 17.8. The van der Waals surface area contributed by atoms with Crippen molar-refractivity contribution in [1.82, 2.24) is 14.8 Å². The molecule has 1 heterocycles. The number of aromatic nitrogens is 1. The Morgan fingerprint density at radius 2 is 1.93 bits per heavy atom. The van der Waals surface area contributed by atoms with Crippen LogP contribution in [0, 0.1) is 13.8 Å². The van der Waals surface area contributed by atoms with E-state index in [1.807, 2.05) is 43.1 Å². The normalized spacial score (nSPS) is 12.1. The Kier molecular flexibility index (Phi) is 7.69. The zero-order chi connectivity index (χ0) is 21.6. The van der Waals surface area contributed by atoms with Crippen LogP contribution in [0.4, 0.5) is 0 Å². The predicted octanol–water partition coefficient (Wildman–Crippen LogP) is 1.79. The Bertz CT molecular complexity index is 949. The molecule has 1 aromatic heterocycles. The minimum Gasteiger partial charge on any atom is -0.497 e. The summed E-state index contributed by atoms with van der Waals surface area (Å²) in [6.45, 7) is 7.58. The molecular formula is C20H31N5O3S. The molecule has 0 atom stereocenters. The van der Waals surface area contributed by atoms with Crippen LogP contribution >= 0.6 is 0 Å². The van der Waals surface area contributed by atoms with Crippen molar-refractivity contribution in [2.75, 3.05) is 33.0 Å². The van der Waals surface area contributed by atoms with Crippen molar-refractivity contribution in [2.24, 2.45) is 10.1 Å². The van der Waals surface area contributed by atoms with E-state index in [2.05, 4.69) is 34.8 Å². The van der Waals surface area contributed by atoms with E-state index in [1.165, 1.54) is 0 Å². The van der Waals surface area contributed by atoms with E-state index in [0.29, 0.717) is 19.0 Å². The number of primary sulfonamides is 1. The lowest BCUT2D eigenvalue weighted by Gasteiger charge is -2.22. The molecule has 160 valence electrons. The summed E-state index contributed by atoms with van der Waals surface area (Å²) in [5, 5.41) is 8.26. The standard InChI is InChI=1S/C20H31N5O3S/c1-6-22-20(23-11-12-29(21,26)27)24(4)14-17-13-15(2)25(16(17)3)18-7-9-19(28-5)10-8-18/h7-10,13H,6,11-12,14H2,1-5H3,(H,22,23)(H2,21,26,27). The molecule has 0 unspecified atom stereocenters. The second-order valence-corrected chi connectivity index (χ2v) is 8.62. The van der Waals surface area contributed by atoms with Gasteiger partial charge in [-0.15, -0.1) is 0 Å². The number of nitrogens with one attached hydrogen (secondary N) is 1. The average molecular weight is 422 g/mol. The highest BCUT2D eigenvalue weighted by Crippen LogP contribution is 2.23. The van der Waals surface area contributed by atoms with Crippen LogP contribution in [0.15, 0.2) is 35.3 Å². The van der Waals surface area contributed by atoms with Gasteiger partial charge < -0.3 is 19.5 Å². The molecule has 0 bridgehead atoms. The highest BCUT2D eigenvalue weighted by molar-refractivity contribution is 7.89. The monoisotopic (exact) mass is 421 g/mol. The Morgan fingerprint density at radius 1 is 1.28 bits per heavy atom. The molecule has 2 aromatic rings. The number of benzene rings is 1. The molecule has 1 aromatic carbocycles. The lowest BCUT2D eigenvalue weighted by Crippen LogP contribution is -2.39. The highest BCUT2D eigenvalue weighted by atomic mass is 32.2. The molecule has 8 nitrogen and oxygen atoms in total. The molecule has 0 saturated carbocycles. The number of sulfonamides is 1. The van der Waals surface area contributed by atoms with Gasteiger partial charge in [0.05, 0.1) is 19.4 Å². The summed E-state index contributed by atoms with van der Waals surface area (Å²) in [5.41, 5.74) is 4.51. The van der Waals surface area contributed by atoms with Crippen molar-refractivity contribution in [3.63, 3.8) is 0 Å². The SMILES string of the molecule is CCNC(=NCCS(N)(=O)=O)N(C)Cc1cc(C)n(-c2ccc(OC)cc2)c1C. The highest BCUT2D eigenvalue weighted by Gasteiger charge is 2.14. The molecular weight excluding hydrogens is 390 g/mol.